The first-order chi connectivity index (χ1) is 14.5. The molecule has 0 saturated heterocycles. The Hall–Kier alpha value is -3.39. The quantitative estimate of drug-likeness (QED) is 0.473. The van der Waals surface area contributed by atoms with Crippen molar-refractivity contribution in [3.63, 3.8) is 0 Å². The second-order valence-electron chi connectivity index (χ2n) is 6.83. The minimum atomic E-state index is -0.107. The van der Waals surface area contributed by atoms with E-state index in [1.165, 1.54) is 11.8 Å². The van der Waals surface area contributed by atoms with Gasteiger partial charge < -0.3 is 10.1 Å². The lowest BCUT2D eigenvalue weighted by atomic mass is 10.1. The van der Waals surface area contributed by atoms with Crippen molar-refractivity contribution in [2.75, 3.05) is 18.2 Å². The van der Waals surface area contributed by atoms with Crippen molar-refractivity contribution in [2.24, 2.45) is 0 Å². The largest absolute Gasteiger partial charge is 0.496 e. The third kappa shape index (κ3) is 4.13. The zero-order valence-corrected chi connectivity index (χ0v) is 17.7. The molecule has 2 aromatic carbocycles. The summed E-state index contributed by atoms with van der Waals surface area (Å²) >= 11 is 1.29. The Balaban J connectivity index is 1.52. The Kier molecular flexibility index (Phi) is 5.67. The molecular weight excluding hydrogens is 398 g/mol. The topological polar surface area (TPSA) is 81.4 Å². The van der Waals surface area contributed by atoms with Gasteiger partial charge in [0.15, 0.2) is 5.65 Å². The number of ether oxygens (including phenoxy) is 1. The molecule has 0 aliphatic carbocycles. The maximum absolute atomic E-state index is 12.4. The molecule has 4 rings (SSSR count). The van der Waals surface area contributed by atoms with E-state index in [0.29, 0.717) is 10.8 Å². The Labute approximate surface area is 178 Å². The van der Waals surface area contributed by atoms with Crippen LogP contribution in [0, 0.1) is 13.8 Å². The number of aromatic nitrogens is 4. The predicted octanol–water partition coefficient (Wildman–Crippen LogP) is 4.15. The molecule has 1 N–H and O–H groups in total. The van der Waals surface area contributed by atoms with Crippen LogP contribution in [0.3, 0.4) is 0 Å². The van der Waals surface area contributed by atoms with Crippen molar-refractivity contribution in [1.29, 1.82) is 0 Å². The highest BCUT2D eigenvalue weighted by molar-refractivity contribution is 7.99. The molecule has 0 aliphatic rings. The lowest BCUT2D eigenvalue weighted by Gasteiger charge is -2.09. The number of amides is 1. The van der Waals surface area contributed by atoms with Crippen molar-refractivity contribution in [3.05, 3.63) is 65.7 Å². The zero-order valence-electron chi connectivity index (χ0n) is 16.9. The first-order valence-corrected chi connectivity index (χ1v) is 10.4. The molecule has 0 aliphatic heterocycles. The number of para-hydroxylation sites is 1. The number of nitrogens with zero attached hydrogens (tertiary/aromatic N) is 4. The van der Waals surface area contributed by atoms with Crippen molar-refractivity contribution in [1.82, 2.24) is 19.8 Å². The Bertz CT molecular complexity index is 1220. The van der Waals surface area contributed by atoms with Crippen LogP contribution in [0.25, 0.3) is 16.9 Å². The average molecular weight is 420 g/mol. The van der Waals surface area contributed by atoms with Gasteiger partial charge in [0.25, 0.3) is 0 Å². The first-order valence-electron chi connectivity index (χ1n) is 9.41. The Morgan fingerprint density at radius 1 is 1.10 bits per heavy atom. The fourth-order valence-corrected chi connectivity index (χ4v) is 3.82. The molecule has 1 amide bonds. The van der Waals surface area contributed by atoms with E-state index in [1.807, 2.05) is 68.4 Å². The summed E-state index contributed by atoms with van der Waals surface area (Å²) in [7, 11) is 1.63. The van der Waals surface area contributed by atoms with Crippen LogP contribution in [0.5, 0.6) is 5.75 Å². The van der Waals surface area contributed by atoms with E-state index in [0.717, 1.165) is 33.8 Å². The number of nitrogens with one attached hydrogen (secondary N) is 1. The molecule has 4 aromatic rings. The summed E-state index contributed by atoms with van der Waals surface area (Å²) in [5.74, 6) is 0.832. The maximum atomic E-state index is 12.4. The van der Waals surface area contributed by atoms with Crippen LogP contribution in [0.4, 0.5) is 5.69 Å². The Morgan fingerprint density at radius 2 is 1.93 bits per heavy atom. The molecule has 2 aromatic heterocycles. The normalized spacial score (nSPS) is 10.9. The molecule has 0 unspecified atom stereocenters. The zero-order chi connectivity index (χ0) is 21.1. The highest BCUT2D eigenvalue weighted by Crippen LogP contribution is 2.28. The van der Waals surface area contributed by atoms with E-state index in [9.17, 15) is 4.79 Å². The standard InChI is InChI=1S/C22H21N5O2S/c1-14-8-9-17(15(2)12-14)23-21(28)13-30-22-25-24-20-11-10-18(26-27(20)22)16-6-4-5-7-19(16)29-3/h4-12H,13H2,1-3H3,(H,23,28). The molecule has 8 heteroatoms. The van der Waals surface area contributed by atoms with E-state index in [4.69, 9.17) is 4.74 Å². The second-order valence-corrected chi connectivity index (χ2v) is 7.77. The number of carbonyl (C=O) groups is 1. The molecular formula is C22H21N5O2S. The second kappa shape index (κ2) is 8.54. The van der Waals surface area contributed by atoms with Crippen molar-refractivity contribution in [3.8, 4) is 17.0 Å². The minimum absolute atomic E-state index is 0.107. The lowest BCUT2D eigenvalue weighted by Crippen LogP contribution is -2.15. The molecule has 152 valence electrons. The van der Waals surface area contributed by atoms with E-state index in [2.05, 4.69) is 20.6 Å². The summed E-state index contributed by atoms with van der Waals surface area (Å²) in [5, 5.41) is 16.5. The van der Waals surface area contributed by atoms with Gasteiger partial charge in [-0.15, -0.1) is 10.2 Å². The van der Waals surface area contributed by atoms with Crippen molar-refractivity contribution >= 4 is 29.0 Å². The van der Waals surface area contributed by atoms with Gasteiger partial charge in [0.1, 0.15) is 5.75 Å². The van der Waals surface area contributed by atoms with Gasteiger partial charge in [-0.2, -0.15) is 9.61 Å². The number of aryl methyl sites for hydroxylation is 2. The highest BCUT2D eigenvalue weighted by atomic mass is 32.2. The predicted molar refractivity (Wildman–Crippen MR) is 118 cm³/mol. The maximum Gasteiger partial charge on any atom is 0.234 e. The summed E-state index contributed by atoms with van der Waals surface area (Å²) in [6.45, 7) is 4.00. The summed E-state index contributed by atoms with van der Waals surface area (Å²) in [6, 6.07) is 17.3. The van der Waals surface area contributed by atoms with E-state index < -0.39 is 0 Å². The number of hydrogen-bond donors (Lipinski definition) is 1. The minimum Gasteiger partial charge on any atom is -0.496 e. The number of fused-ring (bicyclic) bond motifs is 1. The molecule has 0 bridgehead atoms. The van der Waals surface area contributed by atoms with Crippen LogP contribution >= 0.6 is 11.8 Å². The fourth-order valence-electron chi connectivity index (χ4n) is 3.13. The first kappa shape index (κ1) is 19.9. The van der Waals surface area contributed by atoms with E-state index in [-0.39, 0.29) is 11.7 Å². The summed E-state index contributed by atoms with van der Waals surface area (Å²) in [6.07, 6.45) is 0. The number of carbonyl (C=O) groups excluding carboxylic acids is 1. The average Bonchev–Trinajstić information content (AvgIpc) is 3.16. The molecule has 0 atom stereocenters. The van der Waals surface area contributed by atoms with Crippen LogP contribution in [-0.2, 0) is 4.79 Å². The molecule has 30 heavy (non-hydrogen) atoms. The lowest BCUT2D eigenvalue weighted by molar-refractivity contribution is -0.113. The number of anilines is 1. The SMILES string of the molecule is COc1ccccc1-c1ccc2nnc(SCC(=O)Nc3ccc(C)cc3C)n2n1. The van der Waals surface area contributed by atoms with Gasteiger partial charge in [0.05, 0.1) is 18.6 Å². The summed E-state index contributed by atoms with van der Waals surface area (Å²) < 4.78 is 7.09. The number of thioether (sulfide) groups is 1. The van der Waals surface area contributed by atoms with Gasteiger partial charge in [-0.1, -0.05) is 41.6 Å². The molecule has 2 heterocycles. The third-order valence-corrected chi connectivity index (χ3v) is 5.52. The number of rotatable bonds is 6. The highest BCUT2D eigenvalue weighted by Gasteiger charge is 2.14. The van der Waals surface area contributed by atoms with Crippen molar-refractivity contribution < 1.29 is 9.53 Å². The van der Waals surface area contributed by atoms with Crippen LogP contribution < -0.4 is 10.1 Å². The van der Waals surface area contributed by atoms with E-state index >= 15 is 0 Å². The molecule has 0 radical (unpaired) electrons. The monoisotopic (exact) mass is 419 g/mol. The van der Waals surface area contributed by atoms with Crippen molar-refractivity contribution in [2.45, 2.75) is 19.0 Å². The summed E-state index contributed by atoms with van der Waals surface area (Å²) in [4.78, 5) is 12.4. The number of methoxy groups -OCH3 is 1. The van der Waals surface area contributed by atoms with Gasteiger partial charge in [0.2, 0.25) is 11.1 Å². The number of benzene rings is 2. The molecule has 0 spiro atoms. The molecule has 7 nitrogen and oxygen atoms in total. The van der Waals surface area contributed by atoms with Gasteiger partial charge in [-0.3, -0.25) is 4.79 Å². The van der Waals surface area contributed by atoms with Gasteiger partial charge in [0, 0.05) is 11.3 Å². The van der Waals surface area contributed by atoms with Crippen LogP contribution in [-0.4, -0.2) is 38.6 Å². The van der Waals surface area contributed by atoms with Crippen LogP contribution in [0.2, 0.25) is 0 Å². The van der Waals surface area contributed by atoms with E-state index in [1.54, 1.807) is 11.6 Å². The summed E-state index contributed by atoms with van der Waals surface area (Å²) in [5.41, 5.74) is 5.23. The van der Waals surface area contributed by atoms with Crippen LogP contribution in [0.1, 0.15) is 11.1 Å². The smallest absolute Gasteiger partial charge is 0.234 e. The van der Waals surface area contributed by atoms with Gasteiger partial charge >= 0.3 is 0 Å². The molecule has 0 fully saturated rings. The van der Waals surface area contributed by atoms with Gasteiger partial charge in [-0.25, -0.2) is 0 Å². The van der Waals surface area contributed by atoms with Crippen LogP contribution in [0.15, 0.2) is 59.8 Å². The number of hydrogen-bond acceptors (Lipinski definition) is 6. The fraction of sp³-hybridized carbons (Fsp3) is 0.182. The molecule has 0 saturated carbocycles. The Morgan fingerprint density at radius 3 is 2.73 bits per heavy atom. The van der Waals surface area contributed by atoms with Gasteiger partial charge in [-0.05, 0) is 49.7 Å². The third-order valence-electron chi connectivity index (χ3n) is 4.61.